The van der Waals surface area contributed by atoms with Crippen LogP contribution in [0.3, 0.4) is 0 Å². The van der Waals surface area contributed by atoms with Crippen molar-refractivity contribution >= 4 is 29.3 Å². The monoisotopic (exact) mass is 337 g/mol. The summed E-state index contributed by atoms with van der Waals surface area (Å²) in [4.78, 5) is 25.0. The molecule has 2 N–H and O–H groups in total. The predicted octanol–water partition coefficient (Wildman–Crippen LogP) is 2.19. The summed E-state index contributed by atoms with van der Waals surface area (Å²) >= 11 is 5.95. The molecule has 2 aliphatic rings. The van der Waals surface area contributed by atoms with E-state index in [-0.39, 0.29) is 11.9 Å². The van der Waals surface area contributed by atoms with Gasteiger partial charge in [-0.05, 0) is 31.6 Å². The number of likely N-dealkylation sites (tertiary alicyclic amines) is 1. The van der Waals surface area contributed by atoms with E-state index in [1.54, 1.807) is 6.07 Å². The quantitative estimate of drug-likeness (QED) is 0.837. The summed E-state index contributed by atoms with van der Waals surface area (Å²) in [6, 6.07) is 1.73. The number of piperidine rings is 2. The Bertz CT molecular complexity index is 553. The van der Waals surface area contributed by atoms with E-state index >= 15 is 0 Å². The second-order valence-corrected chi connectivity index (χ2v) is 7.09. The summed E-state index contributed by atoms with van der Waals surface area (Å²) in [6.45, 7) is 5.66. The van der Waals surface area contributed by atoms with E-state index < -0.39 is 0 Å². The molecule has 1 aromatic rings. The summed E-state index contributed by atoms with van der Waals surface area (Å²) in [7, 11) is 0. The zero-order valence-electron chi connectivity index (χ0n) is 13.5. The Kier molecular flexibility index (Phi) is 4.90. The van der Waals surface area contributed by atoms with E-state index in [4.69, 9.17) is 17.3 Å². The molecule has 1 atom stereocenters. The average Bonchev–Trinajstić information content (AvgIpc) is 2.53. The number of nitrogen functional groups attached to an aromatic ring is 1. The number of carbonyl (C=O) groups is 1. The second-order valence-electron chi connectivity index (χ2n) is 6.70. The molecule has 126 valence electrons. The molecule has 0 saturated carbocycles. The molecule has 0 spiro atoms. The molecule has 23 heavy (non-hydrogen) atoms. The molecule has 3 heterocycles. The van der Waals surface area contributed by atoms with Gasteiger partial charge in [-0.15, -0.1) is 0 Å². The van der Waals surface area contributed by atoms with E-state index in [2.05, 4.69) is 26.7 Å². The number of amides is 1. The van der Waals surface area contributed by atoms with Gasteiger partial charge in [0, 0.05) is 38.2 Å². The van der Waals surface area contributed by atoms with Crippen LogP contribution in [0.25, 0.3) is 0 Å². The Labute approximate surface area is 142 Å². The number of nitrogens with two attached hydrogens (primary N) is 1. The fourth-order valence-corrected chi connectivity index (χ4v) is 3.77. The Hall–Kier alpha value is -1.56. The van der Waals surface area contributed by atoms with Crippen LogP contribution in [0.1, 0.15) is 32.6 Å². The number of hydrogen-bond acceptors (Lipinski definition) is 5. The molecule has 0 radical (unpaired) electrons. The molecule has 3 rings (SSSR count). The van der Waals surface area contributed by atoms with Gasteiger partial charge in [-0.1, -0.05) is 18.5 Å². The summed E-state index contributed by atoms with van der Waals surface area (Å²) in [5.74, 6) is 2.02. The highest BCUT2D eigenvalue weighted by molar-refractivity contribution is 6.29. The molecule has 1 aromatic heterocycles. The minimum atomic E-state index is 0.131. The van der Waals surface area contributed by atoms with E-state index in [9.17, 15) is 4.79 Å². The minimum Gasteiger partial charge on any atom is -0.368 e. The highest BCUT2D eigenvalue weighted by atomic mass is 35.5. The Morgan fingerprint density at radius 1 is 1.26 bits per heavy atom. The normalized spacial score (nSPS) is 23.1. The number of aromatic nitrogens is 2. The van der Waals surface area contributed by atoms with E-state index in [1.807, 2.05) is 0 Å². The third-order valence-electron chi connectivity index (χ3n) is 4.84. The maximum atomic E-state index is 12.7. The van der Waals surface area contributed by atoms with Crippen LogP contribution in [-0.2, 0) is 4.79 Å². The van der Waals surface area contributed by atoms with Crippen LogP contribution in [0.5, 0.6) is 0 Å². The van der Waals surface area contributed by atoms with Crippen LogP contribution in [0.2, 0.25) is 5.15 Å². The molecule has 0 aromatic carbocycles. The van der Waals surface area contributed by atoms with Crippen LogP contribution < -0.4 is 10.6 Å². The largest absolute Gasteiger partial charge is 0.368 e. The van der Waals surface area contributed by atoms with E-state index in [0.717, 1.165) is 51.3 Å². The van der Waals surface area contributed by atoms with Crippen molar-refractivity contribution in [3.8, 4) is 0 Å². The van der Waals surface area contributed by atoms with Gasteiger partial charge in [0.2, 0.25) is 11.9 Å². The Morgan fingerprint density at radius 3 is 2.65 bits per heavy atom. The van der Waals surface area contributed by atoms with Crippen LogP contribution in [0.4, 0.5) is 11.8 Å². The number of nitrogens with zero attached hydrogens (tertiary/aromatic N) is 4. The number of carbonyl (C=O) groups excluding carboxylic acids is 1. The van der Waals surface area contributed by atoms with Crippen molar-refractivity contribution in [2.45, 2.75) is 32.6 Å². The highest BCUT2D eigenvalue weighted by Crippen LogP contribution is 2.26. The van der Waals surface area contributed by atoms with Crippen LogP contribution in [0, 0.1) is 11.8 Å². The van der Waals surface area contributed by atoms with Gasteiger partial charge in [0.25, 0.3) is 0 Å². The Morgan fingerprint density at radius 2 is 2.00 bits per heavy atom. The molecule has 2 saturated heterocycles. The lowest BCUT2D eigenvalue weighted by atomic mass is 9.93. The number of rotatable bonds is 2. The molecule has 2 aliphatic heterocycles. The fraction of sp³-hybridized carbons (Fsp3) is 0.688. The first-order chi connectivity index (χ1) is 11.0. The maximum absolute atomic E-state index is 12.7. The molecule has 0 unspecified atom stereocenters. The van der Waals surface area contributed by atoms with E-state index in [1.165, 1.54) is 6.42 Å². The molecular formula is C16H24ClN5O. The molecule has 2 fully saturated rings. The van der Waals surface area contributed by atoms with Crippen molar-refractivity contribution in [2.75, 3.05) is 36.8 Å². The van der Waals surface area contributed by atoms with Crippen molar-refractivity contribution in [2.24, 2.45) is 11.8 Å². The lowest BCUT2D eigenvalue weighted by Gasteiger charge is -2.37. The highest BCUT2D eigenvalue weighted by Gasteiger charge is 2.31. The van der Waals surface area contributed by atoms with Gasteiger partial charge in [0.15, 0.2) is 0 Å². The standard InChI is InChI=1S/C16H24ClN5O/c1-11-3-2-6-22(10-11)15(23)12-4-7-21(8-5-12)14-9-13(17)19-16(18)20-14/h9,11-12H,2-8,10H2,1H3,(H2,18,19,20)/t11-/m1/s1. The predicted molar refractivity (Wildman–Crippen MR) is 91.4 cm³/mol. The van der Waals surface area contributed by atoms with Gasteiger partial charge in [0.05, 0.1) is 0 Å². The van der Waals surface area contributed by atoms with Gasteiger partial charge in [-0.3, -0.25) is 4.79 Å². The van der Waals surface area contributed by atoms with Crippen molar-refractivity contribution in [3.63, 3.8) is 0 Å². The first kappa shape index (κ1) is 16.3. The number of anilines is 2. The van der Waals surface area contributed by atoms with Gasteiger partial charge in [-0.2, -0.15) is 4.98 Å². The SMILES string of the molecule is C[C@@H]1CCCN(C(=O)C2CCN(c3cc(Cl)nc(N)n3)CC2)C1. The van der Waals surface area contributed by atoms with Crippen molar-refractivity contribution in [1.82, 2.24) is 14.9 Å². The summed E-state index contributed by atoms with van der Waals surface area (Å²) < 4.78 is 0. The lowest BCUT2D eigenvalue weighted by molar-refractivity contribution is -0.137. The minimum absolute atomic E-state index is 0.131. The van der Waals surface area contributed by atoms with Gasteiger partial charge in [-0.25, -0.2) is 4.98 Å². The van der Waals surface area contributed by atoms with E-state index in [0.29, 0.717) is 17.0 Å². The van der Waals surface area contributed by atoms with Crippen molar-refractivity contribution in [1.29, 1.82) is 0 Å². The molecule has 6 nitrogen and oxygen atoms in total. The summed E-state index contributed by atoms with van der Waals surface area (Å²) in [5.41, 5.74) is 5.66. The third-order valence-corrected chi connectivity index (χ3v) is 5.03. The summed E-state index contributed by atoms with van der Waals surface area (Å²) in [5, 5.41) is 0.355. The van der Waals surface area contributed by atoms with Gasteiger partial charge in [0.1, 0.15) is 11.0 Å². The Balaban J connectivity index is 1.58. The molecule has 0 bridgehead atoms. The molecule has 0 aliphatic carbocycles. The third kappa shape index (κ3) is 3.86. The molecular weight excluding hydrogens is 314 g/mol. The van der Waals surface area contributed by atoms with Crippen molar-refractivity contribution in [3.05, 3.63) is 11.2 Å². The van der Waals surface area contributed by atoms with Gasteiger partial charge >= 0.3 is 0 Å². The average molecular weight is 338 g/mol. The fourth-order valence-electron chi connectivity index (χ4n) is 3.59. The van der Waals surface area contributed by atoms with Crippen molar-refractivity contribution < 1.29 is 4.79 Å². The van der Waals surface area contributed by atoms with Crippen LogP contribution in [-0.4, -0.2) is 47.0 Å². The number of halogens is 1. The zero-order valence-corrected chi connectivity index (χ0v) is 14.3. The van der Waals surface area contributed by atoms with Gasteiger partial charge < -0.3 is 15.5 Å². The zero-order chi connectivity index (χ0) is 16.4. The van der Waals surface area contributed by atoms with Crippen LogP contribution >= 0.6 is 11.6 Å². The first-order valence-corrected chi connectivity index (χ1v) is 8.74. The molecule has 7 heteroatoms. The smallest absolute Gasteiger partial charge is 0.225 e. The molecule has 1 amide bonds. The summed E-state index contributed by atoms with van der Waals surface area (Å²) in [6.07, 6.45) is 4.07. The lowest BCUT2D eigenvalue weighted by Crippen LogP contribution is -2.46. The van der Waals surface area contributed by atoms with Crippen LogP contribution in [0.15, 0.2) is 6.07 Å². The topological polar surface area (TPSA) is 75.4 Å². The maximum Gasteiger partial charge on any atom is 0.225 e. The number of hydrogen-bond donors (Lipinski definition) is 1. The second kappa shape index (κ2) is 6.91. The first-order valence-electron chi connectivity index (χ1n) is 8.36.